The predicted molar refractivity (Wildman–Crippen MR) is 50.9 cm³/mol. The molecule has 0 spiro atoms. The van der Waals surface area contributed by atoms with Crippen LogP contribution in [0.15, 0.2) is 0 Å². The molecule has 0 rings (SSSR count). The van der Waals surface area contributed by atoms with E-state index in [1.807, 2.05) is 6.92 Å². The standard InChI is InChI=1S/C7H20N4O2/c1-3-11(13)7-5-9-8-4-6-10(2)12/h8-11H,3-7H2,1-2H3. The number of hydrogen-bond acceptors (Lipinski definition) is 4. The lowest BCUT2D eigenvalue weighted by atomic mass is 10.6. The van der Waals surface area contributed by atoms with Crippen LogP contribution in [0.2, 0.25) is 0 Å². The summed E-state index contributed by atoms with van der Waals surface area (Å²) in [5, 5.41) is 21.8. The zero-order valence-electron chi connectivity index (χ0n) is 8.35. The predicted octanol–water partition coefficient (Wildman–Crippen LogP) is -3.50. The lowest BCUT2D eigenvalue weighted by molar-refractivity contribution is -0.844. The van der Waals surface area contributed by atoms with E-state index in [0.717, 1.165) is 0 Å². The van der Waals surface area contributed by atoms with Crippen molar-refractivity contribution in [2.75, 3.05) is 39.8 Å². The van der Waals surface area contributed by atoms with E-state index in [1.54, 1.807) is 7.05 Å². The van der Waals surface area contributed by atoms with Gasteiger partial charge in [0.25, 0.3) is 0 Å². The molecule has 0 saturated heterocycles. The fourth-order valence-corrected chi connectivity index (χ4v) is 0.794. The summed E-state index contributed by atoms with van der Waals surface area (Å²) in [5.41, 5.74) is 5.76. The molecule has 0 aliphatic rings. The van der Waals surface area contributed by atoms with Gasteiger partial charge in [-0.05, 0) is 6.92 Å². The smallest absolute Gasteiger partial charge is 0.0908 e. The maximum absolute atomic E-state index is 10.8. The van der Waals surface area contributed by atoms with Crippen LogP contribution in [-0.4, -0.2) is 39.8 Å². The van der Waals surface area contributed by atoms with E-state index in [9.17, 15) is 10.4 Å². The summed E-state index contributed by atoms with van der Waals surface area (Å²) in [6.45, 7) is 4.76. The molecule has 0 saturated carbocycles. The summed E-state index contributed by atoms with van der Waals surface area (Å²) in [7, 11) is 1.56. The number of rotatable bonds is 8. The minimum absolute atomic E-state index is 0.166. The Kier molecular flexibility index (Phi) is 8.21. The molecule has 6 heteroatoms. The number of hydrogen-bond donors (Lipinski definition) is 4. The Balaban J connectivity index is 2.99. The molecule has 2 atom stereocenters. The van der Waals surface area contributed by atoms with Crippen molar-refractivity contribution < 1.29 is 10.1 Å². The molecule has 2 unspecified atom stereocenters. The number of hydroxylamine groups is 4. The minimum atomic E-state index is 0.166. The van der Waals surface area contributed by atoms with E-state index in [2.05, 4.69) is 10.9 Å². The lowest BCUT2D eigenvalue weighted by Crippen LogP contribution is -3.07. The molecule has 0 aromatic carbocycles. The van der Waals surface area contributed by atoms with E-state index in [0.29, 0.717) is 32.7 Å². The van der Waals surface area contributed by atoms with Crippen molar-refractivity contribution in [3.8, 4) is 0 Å². The number of likely N-dealkylation sites (N-methyl/N-ethyl adjacent to an activating group) is 2. The van der Waals surface area contributed by atoms with Crippen molar-refractivity contribution in [1.29, 1.82) is 0 Å². The molecule has 4 N–H and O–H groups in total. The second kappa shape index (κ2) is 8.36. The van der Waals surface area contributed by atoms with Crippen LogP contribution in [0.1, 0.15) is 6.92 Å². The van der Waals surface area contributed by atoms with Crippen LogP contribution in [0.4, 0.5) is 0 Å². The van der Waals surface area contributed by atoms with Gasteiger partial charge in [0.05, 0.1) is 39.8 Å². The summed E-state index contributed by atoms with van der Waals surface area (Å²) in [4.78, 5) is 0. The Morgan fingerprint density at radius 3 is 2.08 bits per heavy atom. The molecule has 0 aromatic rings. The van der Waals surface area contributed by atoms with E-state index in [1.165, 1.54) is 0 Å². The van der Waals surface area contributed by atoms with E-state index in [-0.39, 0.29) is 10.1 Å². The maximum atomic E-state index is 10.8. The molecule has 0 radical (unpaired) electrons. The summed E-state index contributed by atoms with van der Waals surface area (Å²) < 4.78 is 0. The zero-order chi connectivity index (χ0) is 10.1. The van der Waals surface area contributed by atoms with Crippen molar-refractivity contribution in [3.05, 3.63) is 10.4 Å². The number of quaternary nitrogens is 2. The normalized spacial score (nSPS) is 15.7. The summed E-state index contributed by atoms with van der Waals surface area (Å²) in [6, 6.07) is 0. The van der Waals surface area contributed by atoms with Gasteiger partial charge in [0.15, 0.2) is 0 Å². The third kappa shape index (κ3) is 9.68. The van der Waals surface area contributed by atoms with Gasteiger partial charge < -0.3 is 20.5 Å². The first-order valence-corrected chi connectivity index (χ1v) is 4.63. The average Bonchev–Trinajstić information content (AvgIpc) is 2.10. The van der Waals surface area contributed by atoms with Gasteiger partial charge in [0.1, 0.15) is 0 Å². The van der Waals surface area contributed by atoms with Gasteiger partial charge in [-0.1, -0.05) is 0 Å². The van der Waals surface area contributed by atoms with E-state index >= 15 is 0 Å². The van der Waals surface area contributed by atoms with Crippen molar-refractivity contribution in [2.24, 2.45) is 0 Å². The van der Waals surface area contributed by atoms with Crippen LogP contribution in [0, 0.1) is 10.4 Å². The molecule has 0 aliphatic heterocycles. The summed E-state index contributed by atoms with van der Waals surface area (Å²) in [6.07, 6.45) is 0. The first kappa shape index (κ1) is 12.8. The van der Waals surface area contributed by atoms with Crippen LogP contribution in [0.5, 0.6) is 0 Å². The third-order valence-corrected chi connectivity index (χ3v) is 1.65. The Labute approximate surface area is 79.0 Å². The largest absolute Gasteiger partial charge is 0.634 e. The fraction of sp³-hybridized carbons (Fsp3) is 1.00. The van der Waals surface area contributed by atoms with Gasteiger partial charge in [-0.3, -0.25) is 10.9 Å². The van der Waals surface area contributed by atoms with E-state index in [4.69, 9.17) is 0 Å². The Morgan fingerprint density at radius 1 is 1.08 bits per heavy atom. The molecule has 0 fully saturated rings. The second-order valence-corrected chi connectivity index (χ2v) is 2.95. The SMILES string of the molecule is CC[NH+]([O-])CCNNCC[NH+](C)[O-]. The molecule has 6 nitrogen and oxygen atoms in total. The van der Waals surface area contributed by atoms with Crippen LogP contribution >= 0.6 is 0 Å². The van der Waals surface area contributed by atoms with Crippen LogP contribution in [-0.2, 0) is 0 Å². The van der Waals surface area contributed by atoms with Gasteiger partial charge in [0.2, 0.25) is 0 Å². The summed E-state index contributed by atoms with van der Waals surface area (Å²) in [5.74, 6) is 0. The van der Waals surface area contributed by atoms with Crippen molar-refractivity contribution in [2.45, 2.75) is 6.92 Å². The van der Waals surface area contributed by atoms with Crippen LogP contribution in [0.3, 0.4) is 0 Å². The Morgan fingerprint density at radius 2 is 1.62 bits per heavy atom. The van der Waals surface area contributed by atoms with Crippen molar-refractivity contribution >= 4 is 0 Å². The van der Waals surface area contributed by atoms with Crippen LogP contribution < -0.4 is 21.0 Å². The third-order valence-electron chi connectivity index (χ3n) is 1.65. The molecular formula is C7H20N4O2. The zero-order valence-corrected chi connectivity index (χ0v) is 8.35. The maximum Gasteiger partial charge on any atom is 0.0908 e. The average molecular weight is 192 g/mol. The molecule has 0 aliphatic carbocycles. The fourth-order valence-electron chi connectivity index (χ4n) is 0.794. The van der Waals surface area contributed by atoms with Crippen molar-refractivity contribution in [1.82, 2.24) is 10.9 Å². The van der Waals surface area contributed by atoms with Gasteiger partial charge in [-0.25, -0.2) is 0 Å². The minimum Gasteiger partial charge on any atom is -0.634 e. The second-order valence-electron chi connectivity index (χ2n) is 2.95. The van der Waals surface area contributed by atoms with Crippen molar-refractivity contribution in [3.63, 3.8) is 0 Å². The lowest BCUT2D eigenvalue weighted by Gasteiger charge is -2.20. The molecule has 0 bridgehead atoms. The highest BCUT2D eigenvalue weighted by Crippen LogP contribution is 1.50. The highest BCUT2D eigenvalue weighted by Gasteiger charge is 1.92. The first-order chi connectivity index (χ1) is 6.16. The van der Waals surface area contributed by atoms with Gasteiger partial charge in [-0.15, -0.1) is 0 Å². The molecule has 0 heterocycles. The number of nitrogens with one attached hydrogen (secondary N) is 4. The highest BCUT2D eigenvalue weighted by atomic mass is 16.5. The van der Waals surface area contributed by atoms with Gasteiger partial charge in [0, 0.05) is 0 Å². The Bertz CT molecular complexity index is 113. The van der Waals surface area contributed by atoms with Gasteiger partial charge in [-0.2, -0.15) is 0 Å². The summed E-state index contributed by atoms with van der Waals surface area (Å²) >= 11 is 0. The monoisotopic (exact) mass is 192 g/mol. The first-order valence-electron chi connectivity index (χ1n) is 4.63. The topological polar surface area (TPSA) is 79.1 Å². The highest BCUT2D eigenvalue weighted by molar-refractivity contribution is 4.39. The van der Waals surface area contributed by atoms with E-state index < -0.39 is 0 Å². The molecule has 0 aromatic heterocycles. The molecule has 0 amide bonds. The molecule has 13 heavy (non-hydrogen) atoms. The molecule has 80 valence electrons. The molecular weight excluding hydrogens is 172 g/mol. The number of hydrazine groups is 1. The quantitative estimate of drug-likeness (QED) is 0.238. The Hall–Kier alpha value is -0.240. The van der Waals surface area contributed by atoms with Gasteiger partial charge >= 0.3 is 0 Å². The van der Waals surface area contributed by atoms with Crippen LogP contribution in [0.25, 0.3) is 0 Å².